The van der Waals surface area contributed by atoms with Gasteiger partial charge in [0.25, 0.3) is 5.91 Å². The van der Waals surface area contributed by atoms with Gasteiger partial charge in [-0.05, 0) is 68.3 Å². The van der Waals surface area contributed by atoms with Crippen LogP contribution in [0.1, 0.15) is 28.9 Å². The van der Waals surface area contributed by atoms with Crippen molar-refractivity contribution in [1.82, 2.24) is 25.3 Å². The number of rotatable bonds is 7. The van der Waals surface area contributed by atoms with Crippen LogP contribution in [0.5, 0.6) is 11.6 Å². The van der Waals surface area contributed by atoms with Crippen LogP contribution in [0, 0.1) is 6.92 Å². The number of ether oxygens (including phenoxy) is 1. The summed E-state index contributed by atoms with van der Waals surface area (Å²) in [6.45, 7) is 3.92. The lowest BCUT2D eigenvalue weighted by molar-refractivity contribution is 0.102. The predicted octanol–water partition coefficient (Wildman–Crippen LogP) is 5.60. The third kappa shape index (κ3) is 5.45. The van der Waals surface area contributed by atoms with E-state index in [0.29, 0.717) is 40.7 Å². The molecule has 40 heavy (non-hydrogen) atoms. The van der Waals surface area contributed by atoms with Crippen molar-refractivity contribution in [3.63, 3.8) is 0 Å². The van der Waals surface area contributed by atoms with Crippen LogP contribution in [-0.4, -0.2) is 45.0 Å². The van der Waals surface area contributed by atoms with Gasteiger partial charge in [0.15, 0.2) is 0 Å². The number of piperidine rings is 1. The molecule has 200 valence electrons. The van der Waals surface area contributed by atoms with Gasteiger partial charge in [0.2, 0.25) is 11.8 Å². The van der Waals surface area contributed by atoms with Crippen molar-refractivity contribution in [2.45, 2.75) is 25.8 Å². The molecule has 0 spiro atoms. The number of carbonyl (C=O) groups excluding carboxylic acids is 1. The van der Waals surface area contributed by atoms with E-state index in [1.807, 2.05) is 55.5 Å². The molecule has 1 aliphatic heterocycles. The highest BCUT2D eigenvalue weighted by atomic mass is 16.5. The molecular weight excluding hydrogens is 502 g/mol. The monoisotopic (exact) mass is 531 g/mol. The largest absolute Gasteiger partial charge is 0.437 e. The van der Waals surface area contributed by atoms with Gasteiger partial charge in [-0.3, -0.25) is 9.78 Å². The molecule has 9 heteroatoms. The molecule has 4 heterocycles. The molecule has 5 aromatic rings. The Balaban J connectivity index is 1.32. The average Bonchev–Trinajstić information content (AvgIpc) is 3.00. The molecule has 1 aliphatic rings. The highest BCUT2D eigenvalue weighted by Gasteiger charge is 2.18. The second-order valence-corrected chi connectivity index (χ2v) is 9.69. The molecule has 2 aromatic carbocycles. The molecule has 0 bridgehead atoms. The number of hydrogen-bond donors (Lipinski definition) is 3. The van der Waals surface area contributed by atoms with E-state index in [4.69, 9.17) is 9.72 Å². The normalized spacial score (nSPS) is 15.0. The van der Waals surface area contributed by atoms with E-state index in [9.17, 15) is 4.79 Å². The lowest BCUT2D eigenvalue weighted by Crippen LogP contribution is -2.38. The number of aromatic nitrogens is 4. The zero-order valence-corrected chi connectivity index (χ0v) is 22.1. The van der Waals surface area contributed by atoms with Crippen molar-refractivity contribution in [2.75, 3.05) is 23.7 Å². The molecule has 9 nitrogen and oxygen atoms in total. The van der Waals surface area contributed by atoms with E-state index in [1.165, 1.54) is 0 Å². The summed E-state index contributed by atoms with van der Waals surface area (Å²) >= 11 is 0. The molecule has 3 N–H and O–H groups in total. The minimum Gasteiger partial charge on any atom is -0.437 e. The third-order valence-corrected chi connectivity index (χ3v) is 6.89. The topological polar surface area (TPSA) is 114 Å². The fraction of sp³-hybridized carbons (Fsp3) is 0.194. The second-order valence-electron chi connectivity index (χ2n) is 9.69. The lowest BCUT2D eigenvalue weighted by Gasteiger charge is -2.23. The van der Waals surface area contributed by atoms with Crippen LogP contribution >= 0.6 is 0 Å². The summed E-state index contributed by atoms with van der Waals surface area (Å²) in [5.41, 5.74) is 3.42. The Kier molecular flexibility index (Phi) is 7.28. The van der Waals surface area contributed by atoms with Gasteiger partial charge in [0.05, 0.1) is 11.3 Å². The number of carbonyl (C=O) groups is 1. The number of pyridine rings is 2. The smallest absolute Gasteiger partial charge is 0.274 e. The summed E-state index contributed by atoms with van der Waals surface area (Å²) in [6.07, 6.45) is 7.24. The molecule has 1 atom stereocenters. The van der Waals surface area contributed by atoms with Crippen molar-refractivity contribution >= 4 is 28.3 Å². The Morgan fingerprint density at radius 3 is 2.70 bits per heavy atom. The van der Waals surface area contributed by atoms with Gasteiger partial charge in [-0.25, -0.2) is 15.0 Å². The summed E-state index contributed by atoms with van der Waals surface area (Å²) in [6, 6.07) is 20.9. The Morgan fingerprint density at radius 1 is 0.925 bits per heavy atom. The van der Waals surface area contributed by atoms with Gasteiger partial charge in [-0.2, -0.15) is 0 Å². The minimum absolute atomic E-state index is 0.277. The van der Waals surface area contributed by atoms with E-state index in [1.54, 1.807) is 36.8 Å². The van der Waals surface area contributed by atoms with Crippen molar-refractivity contribution in [3.8, 4) is 22.9 Å². The maximum atomic E-state index is 12.8. The Labute approximate surface area is 232 Å². The number of nitrogens with zero attached hydrogens (tertiary/aromatic N) is 4. The predicted molar refractivity (Wildman–Crippen MR) is 156 cm³/mol. The maximum absolute atomic E-state index is 12.8. The zero-order valence-electron chi connectivity index (χ0n) is 22.1. The van der Waals surface area contributed by atoms with E-state index in [2.05, 4.69) is 30.9 Å². The number of amides is 1. The zero-order chi connectivity index (χ0) is 27.3. The highest BCUT2D eigenvalue weighted by molar-refractivity contribution is 6.09. The molecule has 1 amide bonds. The van der Waals surface area contributed by atoms with Gasteiger partial charge in [0, 0.05) is 47.6 Å². The van der Waals surface area contributed by atoms with E-state index < -0.39 is 0 Å². The van der Waals surface area contributed by atoms with Crippen molar-refractivity contribution < 1.29 is 9.53 Å². The van der Waals surface area contributed by atoms with Gasteiger partial charge < -0.3 is 20.7 Å². The summed E-state index contributed by atoms with van der Waals surface area (Å²) in [5.74, 6) is 1.40. The van der Waals surface area contributed by atoms with Gasteiger partial charge in [0.1, 0.15) is 11.4 Å². The maximum Gasteiger partial charge on any atom is 0.274 e. The van der Waals surface area contributed by atoms with Crippen LogP contribution in [0.3, 0.4) is 0 Å². The number of benzene rings is 2. The fourth-order valence-electron chi connectivity index (χ4n) is 4.87. The van der Waals surface area contributed by atoms with Crippen LogP contribution in [0.25, 0.3) is 22.0 Å². The minimum atomic E-state index is -0.277. The third-order valence-electron chi connectivity index (χ3n) is 6.89. The van der Waals surface area contributed by atoms with Crippen molar-refractivity contribution in [3.05, 3.63) is 96.6 Å². The molecule has 6 rings (SSSR count). The second kappa shape index (κ2) is 11.5. The molecule has 1 fully saturated rings. The SMILES string of the molecule is Cc1ccc2c(NC(=O)c3ccccn3)cccc2c1Oc1ncccc1-c1ccnc(NC2CCCNC2)n1. The molecule has 1 saturated heterocycles. The molecule has 1 unspecified atom stereocenters. The van der Waals surface area contributed by atoms with Crippen LogP contribution in [-0.2, 0) is 0 Å². The molecule has 0 saturated carbocycles. The van der Waals surface area contributed by atoms with E-state index in [0.717, 1.165) is 47.8 Å². The Morgan fingerprint density at radius 2 is 1.85 bits per heavy atom. The first-order valence-electron chi connectivity index (χ1n) is 13.3. The number of nitrogens with one attached hydrogen (secondary N) is 3. The van der Waals surface area contributed by atoms with E-state index in [-0.39, 0.29) is 5.91 Å². The summed E-state index contributed by atoms with van der Waals surface area (Å²) < 4.78 is 6.52. The Hall–Kier alpha value is -4.89. The molecule has 3 aromatic heterocycles. The van der Waals surface area contributed by atoms with Crippen LogP contribution in [0.15, 0.2) is 85.3 Å². The molecule has 0 aliphatic carbocycles. The first-order valence-corrected chi connectivity index (χ1v) is 13.3. The van der Waals surface area contributed by atoms with Crippen molar-refractivity contribution in [1.29, 1.82) is 0 Å². The average molecular weight is 532 g/mol. The summed E-state index contributed by atoms with van der Waals surface area (Å²) in [7, 11) is 0. The van der Waals surface area contributed by atoms with Gasteiger partial charge >= 0.3 is 0 Å². The number of fused-ring (bicyclic) bond motifs is 1. The standard InChI is InChI=1S/C31H29N7O2/c1-20-12-13-22-23(8-4-11-25(22)37-29(39)27-10-2-3-16-33-27)28(20)40-30-24(9-6-17-34-30)26-14-18-35-31(38-26)36-21-7-5-15-32-19-21/h2-4,6,8-14,16-18,21,32H,5,7,15,19H2,1H3,(H,37,39)(H,35,36,38). The fourth-order valence-corrected chi connectivity index (χ4v) is 4.87. The van der Waals surface area contributed by atoms with E-state index >= 15 is 0 Å². The first-order chi connectivity index (χ1) is 19.7. The first kappa shape index (κ1) is 25.4. The number of anilines is 2. The van der Waals surface area contributed by atoms with Crippen LogP contribution < -0.4 is 20.7 Å². The highest BCUT2D eigenvalue weighted by Crippen LogP contribution is 2.38. The van der Waals surface area contributed by atoms with Gasteiger partial charge in [-0.1, -0.05) is 30.3 Å². The quantitative estimate of drug-likeness (QED) is 0.249. The summed E-state index contributed by atoms with van der Waals surface area (Å²) in [5, 5.41) is 11.5. The molecule has 0 radical (unpaired) electrons. The number of aryl methyl sites for hydroxylation is 1. The van der Waals surface area contributed by atoms with Crippen LogP contribution in [0.2, 0.25) is 0 Å². The van der Waals surface area contributed by atoms with Gasteiger partial charge in [-0.15, -0.1) is 0 Å². The summed E-state index contributed by atoms with van der Waals surface area (Å²) in [4.78, 5) is 30.7. The number of hydrogen-bond acceptors (Lipinski definition) is 8. The molecular formula is C31H29N7O2. The lowest BCUT2D eigenvalue weighted by atomic mass is 10.0. The Bertz CT molecular complexity index is 1650. The van der Waals surface area contributed by atoms with Crippen molar-refractivity contribution in [2.24, 2.45) is 0 Å². The van der Waals surface area contributed by atoms with Crippen LogP contribution in [0.4, 0.5) is 11.6 Å².